The van der Waals surface area contributed by atoms with Crippen molar-refractivity contribution >= 4 is 5.71 Å². The van der Waals surface area contributed by atoms with Gasteiger partial charge in [-0.1, -0.05) is 6.92 Å². The molecule has 2 nitrogen and oxygen atoms in total. The van der Waals surface area contributed by atoms with Gasteiger partial charge >= 0.3 is 0 Å². The number of nitrogens with one attached hydrogen (secondary N) is 1. The molecule has 0 aliphatic heterocycles. The number of hydrogen-bond donors (Lipinski definition) is 2. The first-order valence-electron chi connectivity index (χ1n) is 1.81. The van der Waals surface area contributed by atoms with Crippen molar-refractivity contribution in [2.45, 2.75) is 20.3 Å². The van der Waals surface area contributed by atoms with E-state index in [-0.39, 0.29) is 6.15 Å². The van der Waals surface area contributed by atoms with Crippen LogP contribution in [0.4, 0.5) is 0 Å². The van der Waals surface area contributed by atoms with Gasteiger partial charge in [0.15, 0.2) is 0 Å². The molecule has 0 aromatic heterocycles. The smallest absolute Gasteiger partial charge is 0.00554 e. The minimum absolute atomic E-state index is 0. The topological polar surface area (TPSA) is 58.9 Å². The van der Waals surface area contributed by atoms with Gasteiger partial charge in [0.05, 0.1) is 0 Å². The molecule has 0 aromatic carbocycles. The molecule has 4 N–H and O–H groups in total. The summed E-state index contributed by atoms with van der Waals surface area (Å²) < 4.78 is 0. The predicted molar refractivity (Wildman–Crippen MR) is 28.7 cm³/mol. The van der Waals surface area contributed by atoms with E-state index in [2.05, 4.69) is 0 Å². The van der Waals surface area contributed by atoms with Gasteiger partial charge in [0.25, 0.3) is 0 Å². The molecule has 0 bridgehead atoms. The summed E-state index contributed by atoms with van der Waals surface area (Å²) in [7, 11) is 0. The van der Waals surface area contributed by atoms with Gasteiger partial charge in [-0.3, -0.25) is 0 Å². The second-order valence-electron chi connectivity index (χ2n) is 1.13. The van der Waals surface area contributed by atoms with Crippen LogP contribution in [0, 0.1) is 5.41 Å². The predicted octanol–water partition coefficient (Wildman–Crippen LogP) is 1.60. The Bertz CT molecular complexity index is 40.8. The number of hydrogen-bond acceptors (Lipinski definition) is 2. The third-order valence-electron chi connectivity index (χ3n) is 0.530. The van der Waals surface area contributed by atoms with Crippen molar-refractivity contribution < 1.29 is 0 Å². The Morgan fingerprint density at radius 1 is 1.67 bits per heavy atom. The molecule has 0 heterocycles. The second-order valence-corrected chi connectivity index (χ2v) is 1.13. The van der Waals surface area contributed by atoms with Crippen LogP contribution in [0.15, 0.2) is 0 Å². The van der Waals surface area contributed by atoms with Crippen LogP contribution in [-0.4, -0.2) is 5.71 Å². The van der Waals surface area contributed by atoms with E-state index in [0.29, 0.717) is 0 Å². The van der Waals surface area contributed by atoms with Gasteiger partial charge in [0.2, 0.25) is 0 Å². The lowest BCUT2D eigenvalue weighted by Gasteiger charge is -1.77. The highest BCUT2D eigenvalue weighted by atomic mass is 14.4. The fourth-order valence-corrected chi connectivity index (χ4v) is 0. The van der Waals surface area contributed by atoms with Gasteiger partial charge in [-0.05, 0) is 13.3 Å². The van der Waals surface area contributed by atoms with Crippen LogP contribution in [0.25, 0.3) is 0 Å². The molecule has 0 saturated heterocycles. The quantitative estimate of drug-likeness (QED) is 0.470. The molecule has 0 rings (SSSR count). The fourth-order valence-electron chi connectivity index (χ4n) is 0. The Labute approximate surface area is 38.7 Å². The SMILES string of the molecule is CCC(C)=N.N. The monoisotopic (exact) mass is 88.1 g/mol. The minimum Gasteiger partial charge on any atom is -0.344 e. The van der Waals surface area contributed by atoms with Gasteiger partial charge in [0.1, 0.15) is 0 Å². The van der Waals surface area contributed by atoms with Gasteiger partial charge in [0, 0.05) is 5.71 Å². The zero-order valence-corrected chi connectivity index (χ0v) is 4.41. The molecule has 38 valence electrons. The van der Waals surface area contributed by atoms with Crippen molar-refractivity contribution in [1.82, 2.24) is 6.15 Å². The van der Waals surface area contributed by atoms with E-state index in [1.165, 1.54) is 0 Å². The fraction of sp³-hybridized carbons (Fsp3) is 0.750. The molecule has 0 aliphatic rings. The maximum atomic E-state index is 6.74. The summed E-state index contributed by atoms with van der Waals surface area (Å²) in [6, 6.07) is 0. The maximum Gasteiger partial charge on any atom is 0.00554 e. The van der Waals surface area contributed by atoms with E-state index in [0.717, 1.165) is 12.1 Å². The van der Waals surface area contributed by atoms with Crippen LogP contribution in [0.3, 0.4) is 0 Å². The zero-order chi connectivity index (χ0) is 4.28. The summed E-state index contributed by atoms with van der Waals surface area (Å²) in [6.07, 6.45) is 0.889. The molecule has 0 amide bonds. The van der Waals surface area contributed by atoms with Crippen molar-refractivity contribution in [3.05, 3.63) is 0 Å². The molecule has 0 unspecified atom stereocenters. The number of rotatable bonds is 1. The van der Waals surface area contributed by atoms with Crippen molar-refractivity contribution in [2.24, 2.45) is 0 Å². The first kappa shape index (κ1) is 9.16. The summed E-state index contributed by atoms with van der Waals surface area (Å²) in [5, 5.41) is 6.74. The van der Waals surface area contributed by atoms with Crippen molar-refractivity contribution in [1.29, 1.82) is 5.41 Å². The third-order valence-corrected chi connectivity index (χ3v) is 0.530. The molecule has 6 heavy (non-hydrogen) atoms. The van der Waals surface area contributed by atoms with Gasteiger partial charge in [-0.15, -0.1) is 0 Å². The molecule has 0 saturated carbocycles. The standard InChI is InChI=1S/C4H9N.H3N/c1-3-4(2)5;/h5H,3H2,1-2H3;1H3. The first-order chi connectivity index (χ1) is 2.27. The van der Waals surface area contributed by atoms with Gasteiger partial charge < -0.3 is 11.6 Å². The lowest BCUT2D eigenvalue weighted by Crippen LogP contribution is -1.78. The highest BCUT2D eigenvalue weighted by Gasteiger charge is 1.70. The van der Waals surface area contributed by atoms with E-state index in [4.69, 9.17) is 5.41 Å². The molecular weight excluding hydrogens is 76.1 g/mol. The molecule has 0 radical (unpaired) electrons. The summed E-state index contributed by atoms with van der Waals surface area (Å²) in [5.74, 6) is 0. The summed E-state index contributed by atoms with van der Waals surface area (Å²) in [4.78, 5) is 0. The zero-order valence-electron chi connectivity index (χ0n) is 4.41. The van der Waals surface area contributed by atoms with Crippen LogP contribution in [-0.2, 0) is 0 Å². The average molecular weight is 88.2 g/mol. The van der Waals surface area contributed by atoms with E-state index < -0.39 is 0 Å². The summed E-state index contributed by atoms with van der Waals surface area (Å²) >= 11 is 0. The second kappa shape index (κ2) is 4.63. The molecule has 0 aromatic rings. The van der Waals surface area contributed by atoms with Crippen molar-refractivity contribution in [2.75, 3.05) is 0 Å². The van der Waals surface area contributed by atoms with Crippen molar-refractivity contribution in [3.63, 3.8) is 0 Å². The Balaban J connectivity index is 0. The lowest BCUT2D eigenvalue weighted by molar-refractivity contribution is 1.23. The highest BCUT2D eigenvalue weighted by Crippen LogP contribution is 1.72. The molecule has 2 heteroatoms. The minimum atomic E-state index is 0. The van der Waals surface area contributed by atoms with E-state index in [1.807, 2.05) is 6.92 Å². The largest absolute Gasteiger partial charge is 0.344 e. The molecule has 0 spiro atoms. The van der Waals surface area contributed by atoms with Gasteiger partial charge in [-0.2, -0.15) is 0 Å². The van der Waals surface area contributed by atoms with Crippen LogP contribution >= 0.6 is 0 Å². The first-order valence-corrected chi connectivity index (χ1v) is 1.81. The van der Waals surface area contributed by atoms with Crippen LogP contribution in [0.2, 0.25) is 0 Å². The average Bonchev–Trinajstić information content (AvgIpc) is 1.38. The normalized spacial score (nSPS) is 6.33. The van der Waals surface area contributed by atoms with Crippen molar-refractivity contribution in [3.8, 4) is 0 Å². The summed E-state index contributed by atoms with van der Waals surface area (Å²) in [5.41, 5.74) is 0.755. The van der Waals surface area contributed by atoms with E-state index >= 15 is 0 Å². The van der Waals surface area contributed by atoms with E-state index in [9.17, 15) is 0 Å². The lowest BCUT2D eigenvalue weighted by atomic mass is 10.3. The van der Waals surface area contributed by atoms with Crippen LogP contribution in [0.5, 0.6) is 0 Å². The Morgan fingerprint density at radius 3 is 1.83 bits per heavy atom. The maximum absolute atomic E-state index is 6.74. The van der Waals surface area contributed by atoms with Crippen LogP contribution < -0.4 is 6.15 Å². The van der Waals surface area contributed by atoms with E-state index in [1.54, 1.807) is 6.92 Å². The Hall–Kier alpha value is -0.370. The third kappa shape index (κ3) is 9.45. The van der Waals surface area contributed by atoms with Gasteiger partial charge in [-0.25, -0.2) is 0 Å². The van der Waals surface area contributed by atoms with Crippen LogP contribution in [0.1, 0.15) is 20.3 Å². The Kier molecular flexibility index (Phi) is 7.07. The molecule has 0 fully saturated rings. The molecule has 0 atom stereocenters. The summed E-state index contributed by atoms with van der Waals surface area (Å²) in [6.45, 7) is 3.78. The molecule has 0 aliphatic carbocycles. The Morgan fingerprint density at radius 2 is 1.83 bits per heavy atom. The molecular formula is C4H12N2. The highest BCUT2D eigenvalue weighted by molar-refractivity contribution is 5.77.